The molecule has 1 fully saturated rings. The van der Waals surface area contributed by atoms with Crippen molar-refractivity contribution in [3.05, 3.63) is 42.2 Å². The van der Waals surface area contributed by atoms with Crippen LogP contribution in [0, 0.1) is 6.92 Å². The minimum Gasteiger partial charge on any atom is -0.392 e. The van der Waals surface area contributed by atoms with Crippen LogP contribution in [0.1, 0.15) is 23.2 Å². The number of piperazine rings is 1. The van der Waals surface area contributed by atoms with Gasteiger partial charge in [-0.15, -0.1) is 0 Å². The van der Waals surface area contributed by atoms with E-state index in [2.05, 4.69) is 14.9 Å². The fourth-order valence-corrected chi connectivity index (χ4v) is 3.01. The Morgan fingerprint density at radius 1 is 1.25 bits per heavy atom. The predicted molar refractivity (Wildman–Crippen MR) is 90.1 cm³/mol. The number of amides is 1. The van der Waals surface area contributed by atoms with Gasteiger partial charge in [-0.3, -0.25) is 14.7 Å². The second-order valence-corrected chi connectivity index (χ2v) is 6.19. The first-order valence-corrected chi connectivity index (χ1v) is 8.20. The number of rotatable bonds is 4. The monoisotopic (exact) mass is 329 g/mol. The van der Waals surface area contributed by atoms with Crippen molar-refractivity contribution in [3.8, 4) is 5.69 Å². The van der Waals surface area contributed by atoms with Gasteiger partial charge in [-0.05, 0) is 26.0 Å². The van der Waals surface area contributed by atoms with E-state index in [1.165, 1.54) is 0 Å². The molecule has 7 nitrogen and oxygen atoms in total. The van der Waals surface area contributed by atoms with Gasteiger partial charge in [0.15, 0.2) is 0 Å². The van der Waals surface area contributed by atoms with E-state index in [9.17, 15) is 9.90 Å². The van der Waals surface area contributed by atoms with E-state index < -0.39 is 0 Å². The van der Waals surface area contributed by atoms with Crippen LogP contribution in [0.5, 0.6) is 0 Å². The lowest BCUT2D eigenvalue weighted by atomic mass is 10.2. The van der Waals surface area contributed by atoms with Crippen LogP contribution in [0.3, 0.4) is 0 Å². The fraction of sp³-hybridized carbons (Fsp3) is 0.471. The van der Waals surface area contributed by atoms with E-state index >= 15 is 0 Å². The normalized spacial score (nSPS) is 17.0. The number of aromatic nitrogens is 3. The average Bonchev–Trinajstić information content (AvgIpc) is 3.00. The summed E-state index contributed by atoms with van der Waals surface area (Å²) in [5, 5.41) is 9.46. The summed E-state index contributed by atoms with van der Waals surface area (Å²) < 4.78 is 1.93. The van der Waals surface area contributed by atoms with E-state index in [0.717, 1.165) is 24.6 Å². The zero-order valence-corrected chi connectivity index (χ0v) is 14.1. The summed E-state index contributed by atoms with van der Waals surface area (Å²) in [4.78, 5) is 25.2. The van der Waals surface area contributed by atoms with Crippen LogP contribution in [0.25, 0.3) is 5.69 Å². The second kappa shape index (κ2) is 7.11. The Labute approximate surface area is 141 Å². The Morgan fingerprint density at radius 2 is 2.00 bits per heavy atom. The van der Waals surface area contributed by atoms with Crippen molar-refractivity contribution in [2.75, 3.05) is 32.7 Å². The van der Waals surface area contributed by atoms with Crippen LogP contribution < -0.4 is 0 Å². The fourth-order valence-electron chi connectivity index (χ4n) is 3.01. The van der Waals surface area contributed by atoms with Crippen LogP contribution in [0.15, 0.2) is 30.7 Å². The first-order chi connectivity index (χ1) is 11.5. The lowest BCUT2D eigenvalue weighted by Gasteiger charge is -2.35. The molecule has 0 bridgehead atoms. The molecule has 24 heavy (non-hydrogen) atoms. The van der Waals surface area contributed by atoms with E-state index in [1.54, 1.807) is 25.4 Å². The first-order valence-electron chi connectivity index (χ1n) is 8.20. The quantitative estimate of drug-likeness (QED) is 0.894. The van der Waals surface area contributed by atoms with Crippen LogP contribution in [-0.4, -0.2) is 74.2 Å². The number of pyridine rings is 1. The largest absolute Gasteiger partial charge is 0.392 e. The van der Waals surface area contributed by atoms with Gasteiger partial charge in [0.25, 0.3) is 5.91 Å². The molecule has 3 rings (SSSR count). The number of hydrogen-bond donors (Lipinski definition) is 1. The third kappa shape index (κ3) is 3.63. The summed E-state index contributed by atoms with van der Waals surface area (Å²) in [7, 11) is 0. The number of carbonyl (C=O) groups is 1. The van der Waals surface area contributed by atoms with Crippen LogP contribution in [0.2, 0.25) is 0 Å². The summed E-state index contributed by atoms with van der Waals surface area (Å²) in [6.07, 6.45) is 4.92. The second-order valence-electron chi connectivity index (χ2n) is 6.19. The van der Waals surface area contributed by atoms with Crippen molar-refractivity contribution in [2.24, 2.45) is 0 Å². The van der Waals surface area contributed by atoms with Crippen LogP contribution in [0.4, 0.5) is 0 Å². The molecule has 1 N–H and O–H groups in total. The van der Waals surface area contributed by atoms with Crippen molar-refractivity contribution in [3.63, 3.8) is 0 Å². The van der Waals surface area contributed by atoms with Gasteiger partial charge < -0.3 is 14.6 Å². The summed E-state index contributed by atoms with van der Waals surface area (Å²) in [5.41, 5.74) is 1.33. The van der Waals surface area contributed by atoms with Crippen molar-refractivity contribution < 1.29 is 9.90 Å². The molecule has 3 heterocycles. The van der Waals surface area contributed by atoms with E-state index in [1.807, 2.05) is 28.7 Å². The minimum atomic E-state index is -0.344. The molecule has 1 amide bonds. The van der Waals surface area contributed by atoms with Crippen LogP contribution in [-0.2, 0) is 0 Å². The molecule has 1 aliphatic rings. The molecule has 128 valence electrons. The Kier molecular flexibility index (Phi) is 4.92. The summed E-state index contributed by atoms with van der Waals surface area (Å²) >= 11 is 0. The van der Waals surface area contributed by atoms with E-state index in [-0.39, 0.29) is 12.0 Å². The summed E-state index contributed by atoms with van der Waals surface area (Å²) in [6.45, 7) is 7.21. The molecule has 0 aromatic carbocycles. The Morgan fingerprint density at radius 3 is 2.62 bits per heavy atom. The van der Waals surface area contributed by atoms with Gasteiger partial charge in [-0.25, -0.2) is 4.98 Å². The molecule has 1 unspecified atom stereocenters. The lowest BCUT2D eigenvalue weighted by Crippen LogP contribution is -2.50. The molecule has 1 saturated heterocycles. The molecule has 0 spiro atoms. The number of carbonyl (C=O) groups excluding carboxylic acids is 1. The highest BCUT2D eigenvalue weighted by Gasteiger charge is 2.23. The maximum atomic E-state index is 12.7. The summed E-state index contributed by atoms with van der Waals surface area (Å²) in [5.74, 6) is 0.817. The highest BCUT2D eigenvalue weighted by atomic mass is 16.3. The number of aliphatic hydroxyl groups is 1. The molecule has 0 saturated carbocycles. The third-order valence-electron chi connectivity index (χ3n) is 4.25. The number of hydrogen-bond acceptors (Lipinski definition) is 5. The van der Waals surface area contributed by atoms with Crippen LogP contribution >= 0.6 is 0 Å². The Hall–Kier alpha value is -2.25. The van der Waals surface area contributed by atoms with Crippen molar-refractivity contribution in [2.45, 2.75) is 20.0 Å². The zero-order valence-electron chi connectivity index (χ0n) is 14.1. The lowest BCUT2D eigenvalue weighted by molar-refractivity contribution is 0.0549. The van der Waals surface area contributed by atoms with Gasteiger partial charge >= 0.3 is 0 Å². The van der Waals surface area contributed by atoms with Gasteiger partial charge in [0.1, 0.15) is 11.5 Å². The molecule has 7 heteroatoms. The predicted octanol–water partition coefficient (Wildman–Crippen LogP) is 0.714. The number of imidazole rings is 1. The number of aliphatic hydroxyl groups excluding tert-OH is 1. The maximum Gasteiger partial charge on any atom is 0.272 e. The Bertz CT molecular complexity index is 705. The molecule has 1 aliphatic heterocycles. The smallest absolute Gasteiger partial charge is 0.272 e. The number of β-amino-alcohol motifs (C(OH)–C–C–N with tert-alkyl or cyclic N) is 1. The van der Waals surface area contributed by atoms with Gasteiger partial charge in [0.05, 0.1) is 11.8 Å². The first kappa shape index (κ1) is 16.6. The molecule has 0 aliphatic carbocycles. The third-order valence-corrected chi connectivity index (χ3v) is 4.25. The standard InChI is InChI=1S/C17H23N5O2/c1-13(23)12-20-7-9-21(10-8-20)17(24)16-11-15(3-4-19-16)22-6-5-18-14(22)2/h3-6,11,13,23H,7-10,12H2,1-2H3. The van der Waals surface area contributed by atoms with Crippen molar-refractivity contribution in [1.82, 2.24) is 24.3 Å². The molecular weight excluding hydrogens is 306 g/mol. The van der Waals surface area contributed by atoms with E-state index in [0.29, 0.717) is 25.3 Å². The zero-order chi connectivity index (χ0) is 17.1. The topological polar surface area (TPSA) is 74.5 Å². The van der Waals surface area contributed by atoms with E-state index in [4.69, 9.17) is 0 Å². The Balaban J connectivity index is 1.69. The molecule has 2 aromatic heterocycles. The van der Waals surface area contributed by atoms with Gasteiger partial charge in [-0.2, -0.15) is 0 Å². The molecule has 1 atom stereocenters. The highest BCUT2D eigenvalue weighted by molar-refractivity contribution is 5.92. The SMILES string of the molecule is Cc1nccn1-c1ccnc(C(=O)N2CCN(CC(C)O)CC2)c1. The highest BCUT2D eigenvalue weighted by Crippen LogP contribution is 2.13. The number of aryl methyl sites for hydroxylation is 1. The minimum absolute atomic E-state index is 0.0497. The summed E-state index contributed by atoms with van der Waals surface area (Å²) in [6, 6.07) is 3.67. The van der Waals surface area contributed by atoms with Crippen molar-refractivity contribution >= 4 is 5.91 Å². The number of nitrogens with zero attached hydrogens (tertiary/aromatic N) is 5. The van der Waals surface area contributed by atoms with Crippen molar-refractivity contribution in [1.29, 1.82) is 0 Å². The maximum absolute atomic E-state index is 12.7. The van der Waals surface area contributed by atoms with Gasteiger partial charge in [-0.1, -0.05) is 0 Å². The van der Waals surface area contributed by atoms with Gasteiger partial charge in [0, 0.05) is 51.3 Å². The average molecular weight is 329 g/mol. The molecular formula is C17H23N5O2. The van der Waals surface area contributed by atoms with Gasteiger partial charge in [0.2, 0.25) is 0 Å². The molecule has 0 radical (unpaired) electrons. The molecule has 2 aromatic rings.